The minimum atomic E-state index is -1.15. The molecule has 2 aromatic heterocycles. The first-order valence-electron chi connectivity index (χ1n) is 18.1. The summed E-state index contributed by atoms with van der Waals surface area (Å²) in [4.78, 5) is 53.2. The average molecular weight is 955 g/mol. The number of halogens is 5. The number of hydrogen-bond donors (Lipinski definition) is 5. The molecule has 0 saturated heterocycles. The van der Waals surface area contributed by atoms with Gasteiger partial charge in [-0.15, -0.1) is 12.4 Å². The van der Waals surface area contributed by atoms with E-state index >= 15 is 0 Å². The Morgan fingerprint density at radius 2 is 1.16 bits per heavy atom. The first-order chi connectivity index (χ1) is 27.2. The van der Waals surface area contributed by atoms with Crippen molar-refractivity contribution in [2.75, 3.05) is 23.8 Å². The van der Waals surface area contributed by atoms with Crippen molar-refractivity contribution in [1.29, 1.82) is 0 Å². The van der Waals surface area contributed by atoms with Crippen LogP contribution < -0.4 is 31.2 Å². The van der Waals surface area contributed by atoms with E-state index in [1.54, 1.807) is 36.4 Å². The number of nitrogens with zero attached hydrogens (tertiary/aromatic N) is 2. The molecule has 2 aliphatic carbocycles. The number of nitrogens with two attached hydrogens (primary N) is 1. The zero-order valence-corrected chi connectivity index (χ0v) is 35.7. The number of amides is 3. The lowest BCUT2D eigenvalue weighted by molar-refractivity contribution is -0.115. The Bertz CT molecular complexity index is 2000. The van der Waals surface area contributed by atoms with Crippen LogP contribution in [0.25, 0.3) is 0 Å². The Labute approximate surface area is 357 Å². The molecule has 0 spiro atoms. The average Bonchev–Trinajstić information content (AvgIpc) is 3.80. The highest BCUT2D eigenvalue weighted by atomic mass is 79.9. The van der Waals surface area contributed by atoms with Crippen LogP contribution in [0.4, 0.5) is 20.4 Å². The standard InChI is InChI=1S/C20H21BrFN3O3.C12H16FNO.C8H7BrN2O3.ClH/c1-12(26)23-18-10-9-16(21)19(25-18)20(27)24-17-4-2-3-13(17)11-28-15-7-5-14(22)6-8-15;13-10-4-6-11(7-5-10)15-8-9-2-1-3-12(9)14;1-4(12)10-6-3-2-5(9)7(11-6)8(13)14;/h5-10,13,17H,2-4,11H2,1H3,(H,24,27)(H,23,25,26);4-7,9,12H,1-3,8,14H2;2-3H,1H3,(H,13,14)(H,10,11,12);1H/t13-,17+;9-,12+;;/m11../s1. The SMILES string of the molecule is CC(=O)Nc1ccc(Br)c(C(=O)N[C@H]2CCC[C@@H]2COc2ccc(F)cc2)n1.CC(=O)Nc1ccc(Br)c(C(=O)O)n1.Cl.N[C@H]1CCC[C@@H]1COc1ccc(F)cc1. The van der Waals surface area contributed by atoms with Gasteiger partial charge in [0, 0.05) is 42.2 Å². The molecule has 2 saturated carbocycles. The van der Waals surface area contributed by atoms with Crippen molar-refractivity contribution in [1.82, 2.24) is 15.3 Å². The Morgan fingerprint density at radius 3 is 1.62 bits per heavy atom. The molecule has 0 unspecified atom stereocenters. The number of carboxylic acids is 1. The molecule has 0 aliphatic heterocycles. The van der Waals surface area contributed by atoms with Crippen molar-refractivity contribution in [2.24, 2.45) is 17.6 Å². The lowest BCUT2D eigenvalue weighted by atomic mass is 10.0. The molecule has 2 aliphatic rings. The van der Waals surface area contributed by atoms with Gasteiger partial charge in [-0.1, -0.05) is 12.8 Å². The number of carbonyl (C=O) groups is 4. The highest BCUT2D eigenvalue weighted by molar-refractivity contribution is 9.10. The first kappa shape index (κ1) is 47.7. The molecule has 6 rings (SSSR count). The zero-order valence-electron chi connectivity index (χ0n) is 31.7. The number of carbonyl (C=O) groups excluding carboxylic acids is 3. The number of hydrogen-bond acceptors (Lipinski definition) is 9. The fourth-order valence-electron chi connectivity index (χ4n) is 6.10. The molecule has 0 radical (unpaired) electrons. The van der Waals surface area contributed by atoms with Gasteiger partial charge in [-0.2, -0.15) is 0 Å². The normalized spacial score (nSPS) is 17.8. The van der Waals surface area contributed by atoms with Crippen molar-refractivity contribution in [2.45, 2.75) is 64.5 Å². The molecule has 4 aromatic rings. The summed E-state index contributed by atoms with van der Waals surface area (Å²) in [5.74, 6) is -0.0740. The van der Waals surface area contributed by atoms with Gasteiger partial charge in [0.15, 0.2) is 5.69 Å². The van der Waals surface area contributed by atoms with Crippen LogP contribution in [-0.4, -0.2) is 64.1 Å². The number of carboxylic acid groups (broad SMARTS) is 1. The lowest BCUT2D eigenvalue weighted by Crippen LogP contribution is -2.39. The van der Waals surface area contributed by atoms with Crippen LogP contribution in [0, 0.1) is 23.5 Å². The summed E-state index contributed by atoms with van der Waals surface area (Å²) in [6, 6.07) is 18.6. The summed E-state index contributed by atoms with van der Waals surface area (Å²) in [6.07, 6.45) is 6.21. The maximum absolute atomic E-state index is 13.0. The fourth-order valence-corrected chi connectivity index (χ4v) is 6.89. The third kappa shape index (κ3) is 15.6. The topological polar surface area (TPSA) is 195 Å². The fraction of sp³-hybridized carbons (Fsp3) is 0.350. The summed E-state index contributed by atoms with van der Waals surface area (Å²) >= 11 is 6.38. The van der Waals surface area contributed by atoms with Crippen molar-refractivity contribution in [3.05, 3.63) is 105 Å². The van der Waals surface area contributed by atoms with Crippen molar-refractivity contribution >= 4 is 79.6 Å². The number of pyridine rings is 2. The molecule has 2 aromatic carbocycles. The zero-order chi connectivity index (χ0) is 41.5. The molecule has 4 atom stereocenters. The van der Waals surface area contributed by atoms with Crippen LogP contribution in [-0.2, 0) is 9.59 Å². The Kier molecular flexibility index (Phi) is 19.4. The van der Waals surface area contributed by atoms with Crippen molar-refractivity contribution < 1.29 is 42.5 Å². The lowest BCUT2D eigenvalue weighted by Gasteiger charge is -2.21. The second-order valence-corrected chi connectivity index (χ2v) is 15.1. The van der Waals surface area contributed by atoms with Crippen LogP contribution >= 0.6 is 44.3 Å². The molecule has 3 amide bonds. The van der Waals surface area contributed by atoms with Gasteiger partial charge in [-0.25, -0.2) is 23.5 Å². The third-order valence-corrected chi connectivity index (χ3v) is 10.2. The number of aromatic nitrogens is 2. The molecule has 312 valence electrons. The maximum atomic E-state index is 13.0. The summed E-state index contributed by atoms with van der Waals surface area (Å²) < 4.78 is 37.9. The molecule has 18 heteroatoms. The monoisotopic (exact) mass is 952 g/mol. The summed E-state index contributed by atoms with van der Waals surface area (Å²) in [5, 5.41) is 16.7. The largest absolute Gasteiger partial charge is 0.493 e. The number of benzene rings is 2. The number of anilines is 2. The molecular weight excluding hydrogens is 910 g/mol. The highest BCUT2D eigenvalue weighted by Crippen LogP contribution is 2.28. The van der Waals surface area contributed by atoms with Gasteiger partial charge in [0.05, 0.1) is 17.7 Å². The van der Waals surface area contributed by atoms with Gasteiger partial charge in [-0.3, -0.25) is 14.4 Å². The van der Waals surface area contributed by atoms with E-state index in [9.17, 15) is 28.0 Å². The van der Waals surface area contributed by atoms with E-state index in [0.717, 1.165) is 37.9 Å². The van der Waals surface area contributed by atoms with E-state index in [1.807, 2.05) is 0 Å². The van der Waals surface area contributed by atoms with E-state index in [0.29, 0.717) is 39.6 Å². The molecule has 0 bridgehead atoms. The molecule has 2 heterocycles. The molecular formula is C40H45Br2ClF2N6O7. The van der Waals surface area contributed by atoms with Crippen molar-refractivity contribution in [3.8, 4) is 11.5 Å². The summed E-state index contributed by atoms with van der Waals surface area (Å²) in [5.41, 5.74) is 6.02. The van der Waals surface area contributed by atoms with Gasteiger partial charge in [0.25, 0.3) is 5.91 Å². The van der Waals surface area contributed by atoms with Gasteiger partial charge in [0.2, 0.25) is 11.8 Å². The van der Waals surface area contributed by atoms with E-state index in [2.05, 4.69) is 57.8 Å². The van der Waals surface area contributed by atoms with E-state index in [4.69, 9.17) is 20.3 Å². The minimum absolute atomic E-state index is 0. The van der Waals surface area contributed by atoms with E-state index < -0.39 is 5.97 Å². The van der Waals surface area contributed by atoms with Gasteiger partial charge in [-0.05, 0) is 130 Å². The number of aromatic carboxylic acids is 1. The minimum Gasteiger partial charge on any atom is -0.493 e. The first-order valence-corrected chi connectivity index (χ1v) is 19.7. The van der Waals surface area contributed by atoms with Crippen LogP contribution in [0.1, 0.15) is 73.3 Å². The molecule has 6 N–H and O–H groups in total. The quantitative estimate of drug-likeness (QED) is 0.0979. The highest BCUT2D eigenvalue weighted by Gasteiger charge is 2.30. The number of ether oxygens (including phenoxy) is 2. The maximum Gasteiger partial charge on any atom is 0.355 e. The van der Waals surface area contributed by atoms with E-state index in [-0.39, 0.29) is 77.0 Å². The Balaban J connectivity index is 0.000000254. The Morgan fingerprint density at radius 1 is 0.707 bits per heavy atom. The summed E-state index contributed by atoms with van der Waals surface area (Å²) in [6.45, 7) is 3.79. The van der Waals surface area contributed by atoms with Crippen LogP contribution in [0.15, 0.2) is 81.7 Å². The summed E-state index contributed by atoms with van der Waals surface area (Å²) in [7, 11) is 0. The van der Waals surface area contributed by atoms with Gasteiger partial charge < -0.3 is 36.3 Å². The predicted octanol–water partition coefficient (Wildman–Crippen LogP) is 8.17. The predicted molar refractivity (Wildman–Crippen MR) is 224 cm³/mol. The van der Waals surface area contributed by atoms with Crippen LogP contribution in [0.2, 0.25) is 0 Å². The van der Waals surface area contributed by atoms with Crippen LogP contribution in [0.3, 0.4) is 0 Å². The van der Waals surface area contributed by atoms with Gasteiger partial charge >= 0.3 is 5.97 Å². The van der Waals surface area contributed by atoms with Gasteiger partial charge in [0.1, 0.15) is 40.5 Å². The second-order valence-electron chi connectivity index (χ2n) is 13.4. The number of nitrogens with one attached hydrogen (secondary N) is 3. The van der Waals surface area contributed by atoms with Crippen LogP contribution in [0.5, 0.6) is 11.5 Å². The second kappa shape index (κ2) is 23.6. The smallest absolute Gasteiger partial charge is 0.355 e. The molecule has 13 nitrogen and oxygen atoms in total. The molecule has 2 fully saturated rings. The van der Waals surface area contributed by atoms with Crippen molar-refractivity contribution in [3.63, 3.8) is 0 Å². The third-order valence-electron chi connectivity index (χ3n) is 8.97. The number of rotatable bonds is 11. The van der Waals surface area contributed by atoms with E-state index in [1.165, 1.54) is 56.7 Å². The molecule has 58 heavy (non-hydrogen) atoms. The Hall–Kier alpha value is -4.71.